The summed E-state index contributed by atoms with van der Waals surface area (Å²) in [4.78, 5) is 17.4. The highest BCUT2D eigenvalue weighted by molar-refractivity contribution is 6.05. The molecule has 4 rings (SSSR count). The summed E-state index contributed by atoms with van der Waals surface area (Å²) >= 11 is 0. The smallest absolute Gasteiger partial charge is 0.259 e. The third kappa shape index (κ3) is 3.38. The number of aryl methyl sites for hydroxylation is 4. The van der Waals surface area contributed by atoms with E-state index in [4.69, 9.17) is 0 Å². The Balaban J connectivity index is 1.75. The van der Waals surface area contributed by atoms with Crippen molar-refractivity contribution >= 4 is 17.2 Å². The standard InChI is InChI=1S/C23H21FN4O/c1-13-5-10-20(14(2)11-13)26-23(29)19-12-25-22-21(15(3)27-28(22)16(19)4)17-6-8-18(24)9-7-17/h5-12H,1-4H3,(H,26,29). The van der Waals surface area contributed by atoms with Crippen LogP contribution in [0.15, 0.2) is 48.7 Å². The Morgan fingerprint density at radius 1 is 1.03 bits per heavy atom. The van der Waals surface area contributed by atoms with Gasteiger partial charge >= 0.3 is 0 Å². The molecule has 0 aliphatic heterocycles. The molecule has 0 spiro atoms. The highest BCUT2D eigenvalue weighted by atomic mass is 19.1. The molecule has 6 heteroatoms. The number of rotatable bonds is 3. The number of anilines is 1. The van der Waals surface area contributed by atoms with Crippen LogP contribution in [0.25, 0.3) is 16.8 Å². The predicted molar refractivity (Wildman–Crippen MR) is 112 cm³/mol. The van der Waals surface area contributed by atoms with Gasteiger partial charge in [0.1, 0.15) is 5.82 Å². The summed E-state index contributed by atoms with van der Waals surface area (Å²) in [5.74, 6) is -0.530. The van der Waals surface area contributed by atoms with Crippen molar-refractivity contribution in [2.24, 2.45) is 0 Å². The fraction of sp³-hybridized carbons (Fsp3) is 0.174. The summed E-state index contributed by atoms with van der Waals surface area (Å²) < 4.78 is 15.0. The van der Waals surface area contributed by atoms with Crippen LogP contribution in [-0.4, -0.2) is 20.5 Å². The minimum atomic E-state index is -0.294. The third-order valence-electron chi connectivity index (χ3n) is 5.07. The van der Waals surface area contributed by atoms with Crippen LogP contribution in [0.1, 0.15) is 32.9 Å². The van der Waals surface area contributed by atoms with Gasteiger partial charge in [-0.05, 0) is 57.0 Å². The lowest BCUT2D eigenvalue weighted by Crippen LogP contribution is -2.16. The first-order valence-electron chi connectivity index (χ1n) is 9.34. The Labute approximate surface area is 168 Å². The van der Waals surface area contributed by atoms with Crippen LogP contribution in [0, 0.1) is 33.5 Å². The Hall–Kier alpha value is -3.54. The van der Waals surface area contributed by atoms with E-state index in [-0.39, 0.29) is 11.7 Å². The number of hydrogen-bond donors (Lipinski definition) is 1. The van der Waals surface area contributed by atoms with Crippen molar-refractivity contribution in [3.63, 3.8) is 0 Å². The summed E-state index contributed by atoms with van der Waals surface area (Å²) in [5.41, 5.74) is 7.10. The van der Waals surface area contributed by atoms with Crippen LogP contribution in [0.5, 0.6) is 0 Å². The molecule has 1 amide bonds. The lowest BCUT2D eigenvalue weighted by atomic mass is 10.1. The van der Waals surface area contributed by atoms with Gasteiger partial charge in [-0.3, -0.25) is 4.79 Å². The second-order valence-electron chi connectivity index (χ2n) is 7.23. The van der Waals surface area contributed by atoms with Crippen LogP contribution in [0.2, 0.25) is 0 Å². The number of halogens is 1. The third-order valence-corrected chi connectivity index (χ3v) is 5.07. The summed E-state index contributed by atoms with van der Waals surface area (Å²) in [6.07, 6.45) is 1.57. The molecule has 29 heavy (non-hydrogen) atoms. The maximum atomic E-state index is 13.3. The van der Waals surface area contributed by atoms with Crippen LogP contribution in [0.3, 0.4) is 0 Å². The molecule has 1 N–H and O–H groups in total. The first kappa shape index (κ1) is 18.8. The normalized spacial score (nSPS) is 11.1. The molecule has 4 aromatic rings. The zero-order valence-electron chi connectivity index (χ0n) is 16.7. The van der Waals surface area contributed by atoms with E-state index < -0.39 is 0 Å². The second kappa shape index (κ2) is 7.13. The van der Waals surface area contributed by atoms with Gasteiger partial charge in [-0.2, -0.15) is 5.10 Å². The molecule has 0 atom stereocenters. The van der Waals surface area contributed by atoms with E-state index in [1.165, 1.54) is 12.1 Å². The minimum absolute atomic E-state index is 0.236. The lowest BCUT2D eigenvalue weighted by Gasteiger charge is -2.11. The van der Waals surface area contributed by atoms with E-state index in [0.717, 1.165) is 33.6 Å². The molecule has 0 saturated heterocycles. The van der Waals surface area contributed by atoms with Gasteiger partial charge in [0.15, 0.2) is 5.65 Å². The van der Waals surface area contributed by atoms with Gasteiger partial charge in [0.2, 0.25) is 0 Å². The van der Waals surface area contributed by atoms with Crippen LogP contribution in [-0.2, 0) is 0 Å². The predicted octanol–water partition coefficient (Wildman–Crippen LogP) is 5.02. The summed E-state index contributed by atoms with van der Waals surface area (Å²) in [6, 6.07) is 12.1. The fourth-order valence-electron chi connectivity index (χ4n) is 3.52. The fourth-order valence-corrected chi connectivity index (χ4v) is 3.52. The average molecular weight is 388 g/mol. The van der Waals surface area contributed by atoms with Gasteiger partial charge in [-0.1, -0.05) is 29.8 Å². The molecule has 2 aromatic heterocycles. The van der Waals surface area contributed by atoms with Gasteiger partial charge < -0.3 is 5.32 Å². The molecular weight excluding hydrogens is 367 g/mol. The minimum Gasteiger partial charge on any atom is -0.322 e. The highest BCUT2D eigenvalue weighted by Crippen LogP contribution is 2.28. The summed E-state index contributed by atoms with van der Waals surface area (Å²) in [7, 11) is 0. The first-order chi connectivity index (χ1) is 13.8. The Morgan fingerprint density at radius 3 is 2.45 bits per heavy atom. The van der Waals surface area contributed by atoms with E-state index >= 15 is 0 Å². The van der Waals surface area contributed by atoms with E-state index in [9.17, 15) is 9.18 Å². The number of amides is 1. The summed E-state index contributed by atoms with van der Waals surface area (Å²) in [6.45, 7) is 7.69. The number of benzene rings is 2. The Kier molecular flexibility index (Phi) is 4.62. The Bertz CT molecular complexity index is 1240. The molecule has 0 fully saturated rings. The van der Waals surface area contributed by atoms with Crippen molar-refractivity contribution in [2.45, 2.75) is 27.7 Å². The van der Waals surface area contributed by atoms with Gasteiger partial charge in [-0.15, -0.1) is 0 Å². The number of aromatic nitrogens is 3. The molecule has 0 bridgehead atoms. The van der Waals surface area contributed by atoms with Crippen LogP contribution < -0.4 is 5.32 Å². The van der Waals surface area contributed by atoms with Crippen molar-refractivity contribution in [3.05, 3.63) is 82.6 Å². The summed E-state index contributed by atoms with van der Waals surface area (Å²) in [5, 5.41) is 7.53. The molecule has 146 valence electrons. The van der Waals surface area contributed by atoms with Crippen LogP contribution in [0.4, 0.5) is 10.1 Å². The van der Waals surface area contributed by atoms with Crippen molar-refractivity contribution in [2.75, 3.05) is 5.32 Å². The molecule has 0 radical (unpaired) electrons. The van der Waals surface area contributed by atoms with E-state index in [0.29, 0.717) is 16.9 Å². The zero-order valence-corrected chi connectivity index (χ0v) is 16.7. The maximum Gasteiger partial charge on any atom is 0.259 e. The Morgan fingerprint density at radius 2 is 1.76 bits per heavy atom. The van der Waals surface area contributed by atoms with Crippen molar-refractivity contribution in [1.82, 2.24) is 14.6 Å². The first-order valence-corrected chi connectivity index (χ1v) is 9.34. The van der Waals surface area contributed by atoms with E-state index in [1.807, 2.05) is 45.9 Å². The van der Waals surface area contributed by atoms with Crippen LogP contribution >= 0.6 is 0 Å². The number of carbonyl (C=O) groups is 1. The topological polar surface area (TPSA) is 59.3 Å². The molecule has 0 aliphatic carbocycles. The number of nitrogens with zero attached hydrogens (tertiary/aromatic N) is 3. The molecule has 0 aliphatic rings. The lowest BCUT2D eigenvalue weighted by molar-refractivity contribution is 0.102. The molecule has 0 unspecified atom stereocenters. The molecule has 2 heterocycles. The van der Waals surface area contributed by atoms with Crippen molar-refractivity contribution < 1.29 is 9.18 Å². The molecule has 2 aromatic carbocycles. The van der Waals surface area contributed by atoms with Gasteiger partial charge in [-0.25, -0.2) is 13.9 Å². The van der Waals surface area contributed by atoms with Gasteiger partial charge in [0, 0.05) is 17.4 Å². The quantitative estimate of drug-likeness (QED) is 0.536. The largest absolute Gasteiger partial charge is 0.322 e. The zero-order chi connectivity index (χ0) is 20.7. The maximum absolute atomic E-state index is 13.3. The molecule has 0 saturated carbocycles. The van der Waals surface area contributed by atoms with Gasteiger partial charge in [0.25, 0.3) is 5.91 Å². The highest BCUT2D eigenvalue weighted by Gasteiger charge is 2.19. The van der Waals surface area contributed by atoms with Crippen molar-refractivity contribution in [3.8, 4) is 11.1 Å². The van der Waals surface area contributed by atoms with Gasteiger partial charge in [0.05, 0.1) is 17.0 Å². The molecule has 5 nitrogen and oxygen atoms in total. The van der Waals surface area contributed by atoms with Crippen molar-refractivity contribution in [1.29, 1.82) is 0 Å². The van der Waals surface area contributed by atoms with E-state index in [2.05, 4.69) is 15.4 Å². The number of carbonyl (C=O) groups excluding carboxylic acids is 1. The number of nitrogens with one attached hydrogen (secondary N) is 1. The number of fused-ring (bicyclic) bond motifs is 1. The SMILES string of the molecule is Cc1ccc(NC(=O)c2cnc3c(-c4ccc(F)cc4)c(C)nn3c2C)c(C)c1. The molecular formula is C23H21FN4O. The average Bonchev–Trinajstić information content (AvgIpc) is 3.02. The van der Waals surface area contributed by atoms with E-state index in [1.54, 1.807) is 22.8 Å². The monoisotopic (exact) mass is 388 g/mol. The number of hydrogen-bond acceptors (Lipinski definition) is 3. The second-order valence-corrected chi connectivity index (χ2v) is 7.23.